The van der Waals surface area contributed by atoms with Gasteiger partial charge in [-0.15, -0.1) is 0 Å². The molecule has 8 heteroatoms. The van der Waals surface area contributed by atoms with Crippen molar-refractivity contribution in [3.63, 3.8) is 0 Å². The lowest BCUT2D eigenvalue weighted by Crippen LogP contribution is -2.17. The van der Waals surface area contributed by atoms with Crippen molar-refractivity contribution in [1.29, 1.82) is 10.5 Å². The van der Waals surface area contributed by atoms with Gasteiger partial charge in [0.25, 0.3) is 0 Å². The van der Waals surface area contributed by atoms with E-state index in [0.717, 1.165) is 153 Å². The highest BCUT2D eigenvalue weighted by Crippen LogP contribution is 2.52. The number of aromatic nitrogens is 4. The SMILES string of the molecule is N#Cc1c(-n2c3ccccc3c3c4oc5ccccc5c4ccc32)c(-n2c3ccccc3c3ccc4ccccc4c32)c(C#N)c(-n2c3ccccc3c3c4oc5ccccc5c4ccc32)c1-n1c2ccccc2c2ccc3ccccc3c21. The quantitative estimate of drug-likeness (QED) is 0.175. The molecule has 0 N–H and O–H groups in total. The van der Waals surface area contributed by atoms with Gasteiger partial charge in [0, 0.05) is 64.6 Å². The van der Waals surface area contributed by atoms with Crippen molar-refractivity contribution >= 4 is 153 Å². The van der Waals surface area contributed by atoms with E-state index in [1.54, 1.807) is 0 Å². The minimum atomic E-state index is 0.365. The number of fused-ring (bicyclic) bond motifs is 24. The van der Waals surface area contributed by atoms with Crippen molar-refractivity contribution in [2.45, 2.75) is 0 Å². The van der Waals surface area contributed by atoms with E-state index in [-0.39, 0.29) is 0 Å². The Labute approximate surface area is 476 Å². The van der Waals surface area contributed by atoms with Gasteiger partial charge >= 0.3 is 0 Å². The first kappa shape index (κ1) is 45.0. The Morgan fingerprint density at radius 2 is 0.571 bits per heavy atom. The van der Waals surface area contributed by atoms with E-state index in [9.17, 15) is 10.5 Å². The number of para-hydroxylation sites is 6. The van der Waals surface area contributed by atoms with Crippen LogP contribution in [0.15, 0.2) is 251 Å². The van der Waals surface area contributed by atoms with Crippen LogP contribution in [0.5, 0.6) is 0 Å². The second-order valence-electron chi connectivity index (χ2n) is 22.0. The maximum absolute atomic E-state index is 13.1. The molecule has 0 bridgehead atoms. The van der Waals surface area contributed by atoms with Gasteiger partial charge in [-0.25, -0.2) is 0 Å². The Hall–Kier alpha value is -11.8. The van der Waals surface area contributed by atoms with Crippen molar-refractivity contribution in [3.05, 3.63) is 254 Å². The molecule has 0 aliphatic rings. The van der Waals surface area contributed by atoms with Crippen molar-refractivity contribution in [2.75, 3.05) is 0 Å². The van der Waals surface area contributed by atoms with E-state index >= 15 is 0 Å². The van der Waals surface area contributed by atoms with Crippen LogP contribution in [-0.2, 0) is 0 Å². The molecule has 0 unspecified atom stereocenters. The van der Waals surface area contributed by atoms with Gasteiger partial charge in [0.15, 0.2) is 0 Å². The summed E-state index contributed by atoms with van der Waals surface area (Å²) in [5.41, 5.74) is 13.0. The third kappa shape index (κ3) is 5.63. The van der Waals surface area contributed by atoms with E-state index in [1.807, 2.05) is 36.4 Å². The molecule has 0 atom stereocenters. The Morgan fingerprint density at radius 3 is 0.988 bits per heavy atom. The molecule has 0 saturated heterocycles. The maximum atomic E-state index is 13.1. The number of nitrogens with zero attached hydrogens (tertiary/aromatic N) is 6. The highest BCUT2D eigenvalue weighted by Gasteiger charge is 2.36. The zero-order valence-electron chi connectivity index (χ0n) is 44.6. The fraction of sp³-hybridized carbons (Fsp3) is 0. The van der Waals surface area contributed by atoms with E-state index < -0.39 is 0 Å². The van der Waals surface area contributed by atoms with Gasteiger partial charge in [-0.1, -0.05) is 182 Å². The smallest absolute Gasteiger partial charge is 0.145 e. The molecule has 8 nitrogen and oxygen atoms in total. The Morgan fingerprint density at radius 1 is 0.250 bits per heavy atom. The summed E-state index contributed by atoms with van der Waals surface area (Å²) in [6, 6.07) is 90.5. The van der Waals surface area contributed by atoms with Crippen LogP contribution in [0.4, 0.5) is 0 Å². The van der Waals surface area contributed by atoms with E-state index in [2.05, 4.69) is 237 Å². The molecule has 6 aromatic heterocycles. The van der Waals surface area contributed by atoms with Crippen molar-refractivity contribution in [1.82, 2.24) is 18.3 Å². The van der Waals surface area contributed by atoms with Gasteiger partial charge in [0.05, 0.1) is 77.7 Å². The summed E-state index contributed by atoms with van der Waals surface area (Å²) in [4.78, 5) is 0. The Bertz CT molecular complexity index is 5890. The number of benzene rings is 13. The Kier molecular flexibility index (Phi) is 8.77. The molecule has 19 rings (SSSR count). The summed E-state index contributed by atoms with van der Waals surface area (Å²) in [6.07, 6.45) is 0. The van der Waals surface area contributed by atoms with Gasteiger partial charge in [0.1, 0.15) is 45.6 Å². The van der Waals surface area contributed by atoms with Crippen LogP contribution in [0.25, 0.3) is 175 Å². The minimum Gasteiger partial charge on any atom is -0.455 e. The summed E-state index contributed by atoms with van der Waals surface area (Å²) in [7, 11) is 0. The first-order valence-electron chi connectivity index (χ1n) is 28.2. The topological polar surface area (TPSA) is 93.6 Å². The average molecular weight is 1070 g/mol. The van der Waals surface area contributed by atoms with Gasteiger partial charge in [-0.2, -0.15) is 10.5 Å². The maximum Gasteiger partial charge on any atom is 0.145 e. The van der Waals surface area contributed by atoms with Crippen LogP contribution in [0, 0.1) is 22.7 Å². The first-order chi connectivity index (χ1) is 41.7. The van der Waals surface area contributed by atoms with Crippen LogP contribution in [0.2, 0.25) is 0 Å². The largest absolute Gasteiger partial charge is 0.455 e. The van der Waals surface area contributed by atoms with Gasteiger partial charge < -0.3 is 27.1 Å². The van der Waals surface area contributed by atoms with Crippen molar-refractivity contribution in [2.24, 2.45) is 0 Å². The predicted octanol–water partition coefficient (Wildman–Crippen LogP) is 19.9. The molecule has 0 saturated carbocycles. The zero-order chi connectivity index (χ0) is 55.1. The lowest BCUT2D eigenvalue weighted by atomic mass is 9.98. The molecule has 0 amide bonds. The van der Waals surface area contributed by atoms with Gasteiger partial charge in [-0.3, -0.25) is 0 Å². The standard InChI is InChI=1S/C76H40N6O2/c77-41-57-72(80-62-30-14-8-26-56(62)68-64(80)40-38-54-50-24-10-16-32-66(50)84-76(54)68)74(82-60-28-12-6-22-48(60)52-36-34-44-18-2-4-20-46(44)70(52)82)58(42-78)71(73(57)81-59-27-11-5-21-47(59)51-35-33-43-17-1-3-19-45(43)69(51)81)79-61-29-13-7-25-55(61)67-63(79)39-37-53-49-23-9-15-31-65(49)83-75(53)67/h1-40H. The number of hydrogen-bond donors (Lipinski definition) is 0. The molecular formula is C76H40N6O2. The van der Waals surface area contributed by atoms with Crippen molar-refractivity contribution in [3.8, 4) is 34.9 Å². The summed E-state index contributed by atoms with van der Waals surface area (Å²) in [5.74, 6) is 0. The van der Waals surface area contributed by atoms with Crippen LogP contribution in [0.3, 0.4) is 0 Å². The van der Waals surface area contributed by atoms with Gasteiger partial charge in [-0.05, 0) is 71.4 Å². The number of rotatable bonds is 4. The van der Waals surface area contributed by atoms with Crippen LogP contribution in [0.1, 0.15) is 11.1 Å². The summed E-state index contributed by atoms with van der Waals surface area (Å²) >= 11 is 0. The highest BCUT2D eigenvalue weighted by molar-refractivity contribution is 6.27. The second kappa shape index (κ2) is 16.4. The molecule has 6 heterocycles. The Balaban J connectivity index is 1.13. The zero-order valence-corrected chi connectivity index (χ0v) is 44.6. The lowest BCUT2D eigenvalue weighted by Gasteiger charge is -2.27. The van der Waals surface area contributed by atoms with Crippen molar-refractivity contribution < 1.29 is 8.83 Å². The molecule has 84 heavy (non-hydrogen) atoms. The minimum absolute atomic E-state index is 0.365. The molecule has 13 aromatic carbocycles. The third-order valence-electron chi connectivity index (χ3n) is 18.0. The molecule has 386 valence electrons. The average Bonchev–Trinajstić information content (AvgIpc) is 1.74. The number of hydrogen-bond acceptors (Lipinski definition) is 4. The summed E-state index contributed by atoms with van der Waals surface area (Å²) in [5, 5.41) is 42.1. The van der Waals surface area contributed by atoms with E-state index in [1.165, 1.54) is 0 Å². The molecular weight excluding hydrogens is 1030 g/mol. The predicted molar refractivity (Wildman–Crippen MR) is 343 cm³/mol. The van der Waals surface area contributed by atoms with Gasteiger partial charge in [0.2, 0.25) is 0 Å². The summed E-state index contributed by atoms with van der Waals surface area (Å²) in [6.45, 7) is 0. The van der Waals surface area contributed by atoms with Crippen LogP contribution < -0.4 is 0 Å². The molecule has 19 aromatic rings. The highest BCUT2D eigenvalue weighted by atomic mass is 16.3. The number of nitriles is 2. The first-order valence-corrected chi connectivity index (χ1v) is 28.2. The summed E-state index contributed by atoms with van der Waals surface area (Å²) < 4.78 is 23.0. The second-order valence-corrected chi connectivity index (χ2v) is 22.0. The fourth-order valence-electron chi connectivity index (χ4n) is 14.7. The number of furan rings is 2. The van der Waals surface area contributed by atoms with E-state index in [0.29, 0.717) is 33.9 Å². The third-order valence-corrected chi connectivity index (χ3v) is 18.0. The molecule has 0 spiro atoms. The van der Waals surface area contributed by atoms with Crippen LogP contribution in [-0.4, -0.2) is 18.3 Å². The molecule has 0 aliphatic heterocycles. The normalized spacial score (nSPS) is 12.3. The fourth-order valence-corrected chi connectivity index (χ4v) is 14.7. The van der Waals surface area contributed by atoms with Crippen LogP contribution >= 0.6 is 0 Å². The molecule has 0 fully saturated rings. The van der Waals surface area contributed by atoms with E-state index in [4.69, 9.17) is 8.83 Å². The monoisotopic (exact) mass is 1070 g/mol. The molecule has 0 aliphatic carbocycles. The molecule has 0 radical (unpaired) electrons. The lowest BCUT2D eigenvalue weighted by molar-refractivity contribution is 0.672.